The Morgan fingerprint density at radius 2 is 2.24 bits per heavy atom. The minimum absolute atomic E-state index is 0.164. The standard InChI is InChI=1S/C13H23N3O/c1-10(2)16-6-5-11(8-16)7-15-12(17)13(3,4)9-14/h10-11H,5-8H2,1-4H3,(H,15,17). The van der Waals surface area contributed by atoms with Crippen LogP contribution in [0.2, 0.25) is 0 Å². The Kier molecular flexibility index (Phi) is 4.53. The summed E-state index contributed by atoms with van der Waals surface area (Å²) in [6.07, 6.45) is 1.13. The normalized spacial score (nSPS) is 21.5. The number of hydrogen-bond acceptors (Lipinski definition) is 3. The lowest BCUT2D eigenvalue weighted by Gasteiger charge is -2.21. The summed E-state index contributed by atoms with van der Waals surface area (Å²) >= 11 is 0. The van der Waals surface area contributed by atoms with Gasteiger partial charge < -0.3 is 10.2 Å². The fraction of sp³-hybridized carbons (Fsp3) is 0.846. The van der Waals surface area contributed by atoms with Crippen molar-refractivity contribution in [2.24, 2.45) is 11.3 Å². The first kappa shape index (κ1) is 14.0. The Hall–Kier alpha value is -1.08. The predicted octanol–water partition coefficient (Wildman–Crippen LogP) is 1.38. The molecule has 0 saturated carbocycles. The third kappa shape index (κ3) is 3.71. The topological polar surface area (TPSA) is 56.1 Å². The molecule has 1 aliphatic rings. The van der Waals surface area contributed by atoms with Crippen LogP contribution >= 0.6 is 0 Å². The van der Waals surface area contributed by atoms with Crippen molar-refractivity contribution in [3.05, 3.63) is 0 Å². The molecule has 1 atom stereocenters. The molecule has 96 valence electrons. The molecule has 1 unspecified atom stereocenters. The van der Waals surface area contributed by atoms with E-state index in [-0.39, 0.29) is 5.91 Å². The van der Waals surface area contributed by atoms with E-state index in [2.05, 4.69) is 24.1 Å². The van der Waals surface area contributed by atoms with Gasteiger partial charge in [-0.05, 0) is 46.6 Å². The zero-order valence-corrected chi connectivity index (χ0v) is 11.3. The Balaban J connectivity index is 2.34. The molecule has 4 heteroatoms. The number of nitriles is 1. The monoisotopic (exact) mass is 237 g/mol. The molecule has 0 aromatic carbocycles. The number of amides is 1. The zero-order chi connectivity index (χ0) is 13.1. The first-order chi connectivity index (χ1) is 7.86. The quantitative estimate of drug-likeness (QED) is 0.803. The highest BCUT2D eigenvalue weighted by Crippen LogP contribution is 2.18. The first-order valence-electron chi connectivity index (χ1n) is 6.30. The molecule has 0 aliphatic carbocycles. The van der Waals surface area contributed by atoms with Gasteiger partial charge in [-0.1, -0.05) is 0 Å². The van der Waals surface area contributed by atoms with Crippen LogP contribution in [0.15, 0.2) is 0 Å². The first-order valence-corrected chi connectivity index (χ1v) is 6.30. The fourth-order valence-electron chi connectivity index (χ4n) is 2.01. The number of carbonyl (C=O) groups is 1. The van der Waals surface area contributed by atoms with Gasteiger partial charge in [-0.2, -0.15) is 5.26 Å². The number of rotatable bonds is 4. The van der Waals surface area contributed by atoms with Crippen LogP contribution in [0, 0.1) is 22.7 Å². The third-order valence-corrected chi connectivity index (χ3v) is 3.45. The molecule has 0 radical (unpaired) electrons. The Morgan fingerprint density at radius 3 is 2.71 bits per heavy atom. The molecule has 1 heterocycles. The Morgan fingerprint density at radius 1 is 1.59 bits per heavy atom. The van der Waals surface area contributed by atoms with Gasteiger partial charge in [0, 0.05) is 19.1 Å². The molecule has 0 spiro atoms. The average molecular weight is 237 g/mol. The summed E-state index contributed by atoms with van der Waals surface area (Å²) in [4.78, 5) is 14.1. The Labute approximate surface area is 104 Å². The molecular formula is C13H23N3O. The smallest absolute Gasteiger partial charge is 0.239 e. The lowest BCUT2D eigenvalue weighted by Crippen LogP contribution is -2.39. The van der Waals surface area contributed by atoms with Gasteiger partial charge in [0.15, 0.2) is 0 Å². The fourth-order valence-corrected chi connectivity index (χ4v) is 2.01. The van der Waals surface area contributed by atoms with Crippen molar-refractivity contribution < 1.29 is 4.79 Å². The molecule has 1 amide bonds. The van der Waals surface area contributed by atoms with Gasteiger partial charge in [0.25, 0.3) is 0 Å². The molecule has 17 heavy (non-hydrogen) atoms. The highest BCUT2D eigenvalue weighted by molar-refractivity contribution is 5.84. The average Bonchev–Trinajstić information content (AvgIpc) is 2.74. The molecule has 4 nitrogen and oxygen atoms in total. The third-order valence-electron chi connectivity index (χ3n) is 3.45. The highest BCUT2D eigenvalue weighted by Gasteiger charge is 2.29. The summed E-state index contributed by atoms with van der Waals surface area (Å²) in [6, 6.07) is 2.60. The number of hydrogen-bond donors (Lipinski definition) is 1. The minimum Gasteiger partial charge on any atom is -0.354 e. The Bertz CT molecular complexity index is 317. The van der Waals surface area contributed by atoms with Crippen molar-refractivity contribution in [2.75, 3.05) is 19.6 Å². The molecule has 1 rings (SSSR count). The van der Waals surface area contributed by atoms with Gasteiger partial charge in [0.05, 0.1) is 6.07 Å². The van der Waals surface area contributed by atoms with Crippen LogP contribution in [0.4, 0.5) is 0 Å². The van der Waals surface area contributed by atoms with Gasteiger partial charge in [0.2, 0.25) is 5.91 Å². The summed E-state index contributed by atoms with van der Waals surface area (Å²) < 4.78 is 0. The van der Waals surface area contributed by atoms with Crippen molar-refractivity contribution in [1.82, 2.24) is 10.2 Å². The van der Waals surface area contributed by atoms with E-state index in [4.69, 9.17) is 5.26 Å². The van der Waals surface area contributed by atoms with Crippen LogP contribution in [0.25, 0.3) is 0 Å². The van der Waals surface area contributed by atoms with Gasteiger partial charge >= 0.3 is 0 Å². The minimum atomic E-state index is -0.920. The summed E-state index contributed by atoms with van der Waals surface area (Å²) in [7, 11) is 0. The second kappa shape index (κ2) is 5.50. The van der Waals surface area contributed by atoms with E-state index < -0.39 is 5.41 Å². The van der Waals surface area contributed by atoms with Gasteiger partial charge in [-0.25, -0.2) is 0 Å². The maximum Gasteiger partial charge on any atom is 0.239 e. The lowest BCUT2D eigenvalue weighted by molar-refractivity contribution is -0.126. The van der Waals surface area contributed by atoms with Crippen molar-refractivity contribution in [2.45, 2.75) is 40.2 Å². The second-order valence-corrected chi connectivity index (χ2v) is 5.69. The molecule has 1 saturated heterocycles. The zero-order valence-electron chi connectivity index (χ0n) is 11.3. The second-order valence-electron chi connectivity index (χ2n) is 5.69. The van der Waals surface area contributed by atoms with Crippen LogP contribution in [-0.2, 0) is 4.79 Å². The molecule has 1 N–H and O–H groups in total. The highest BCUT2D eigenvalue weighted by atomic mass is 16.2. The number of likely N-dealkylation sites (tertiary alicyclic amines) is 1. The maximum absolute atomic E-state index is 11.7. The van der Waals surface area contributed by atoms with E-state index in [1.165, 1.54) is 0 Å². The summed E-state index contributed by atoms with van der Waals surface area (Å²) in [5, 5.41) is 11.7. The van der Waals surface area contributed by atoms with E-state index in [1.807, 2.05) is 6.07 Å². The molecular weight excluding hydrogens is 214 g/mol. The van der Waals surface area contributed by atoms with Gasteiger partial charge in [-0.3, -0.25) is 4.79 Å². The van der Waals surface area contributed by atoms with Crippen molar-refractivity contribution >= 4 is 5.91 Å². The SMILES string of the molecule is CC(C)N1CCC(CNC(=O)C(C)(C)C#N)C1. The van der Waals surface area contributed by atoms with E-state index in [0.29, 0.717) is 18.5 Å². The van der Waals surface area contributed by atoms with Crippen LogP contribution in [-0.4, -0.2) is 36.5 Å². The summed E-state index contributed by atoms with van der Waals surface area (Å²) in [5.41, 5.74) is -0.920. The van der Waals surface area contributed by atoms with E-state index in [1.54, 1.807) is 13.8 Å². The van der Waals surface area contributed by atoms with E-state index in [9.17, 15) is 4.79 Å². The largest absolute Gasteiger partial charge is 0.354 e. The van der Waals surface area contributed by atoms with E-state index >= 15 is 0 Å². The van der Waals surface area contributed by atoms with Crippen molar-refractivity contribution in [1.29, 1.82) is 5.26 Å². The van der Waals surface area contributed by atoms with E-state index in [0.717, 1.165) is 19.5 Å². The maximum atomic E-state index is 11.7. The van der Waals surface area contributed by atoms with Crippen LogP contribution < -0.4 is 5.32 Å². The predicted molar refractivity (Wildman–Crippen MR) is 67.2 cm³/mol. The molecule has 1 aliphatic heterocycles. The molecule has 0 aromatic rings. The molecule has 0 aromatic heterocycles. The lowest BCUT2D eigenvalue weighted by atomic mass is 9.94. The van der Waals surface area contributed by atoms with Crippen LogP contribution in [0.1, 0.15) is 34.1 Å². The van der Waals surface area contributed by atoms with Crippen molar-refractivity contribution in [3.8, 4) is 6.07 Å². The van der Waals surface area contributed by atoms with Crippen LogP contribution in [0.3, 0.4) is 0 Å². The molecule has 0 bridgehead atoms. The summed E-state index contributed by atoms with van der Waals surface area (Å²) in [5.74, 6) is 0.360. The molecule has 1 fully saturated rings. The van der Waals surface area contributed by atoms with Gasteiger partial charge in [0.1, 0.15) is 5.41 Å². The summed E-state index contributed by atoms with van der Waals surface area (Å²) in [6.45, 7) is 10.5. The number of carbonyl (C=O) groups excluding carboxylic acids is 1. The van der Waals surface area contributed by atoms with Gasteiger partial charge in [-0.15, -0.1) is 0 Å². The number of nitrogens with zero attached hydrogens (tertiary/aromatic N) is 2. The van der Waals surface area contributed by atoms with Crippen molar-refractivity contribution in [3.63, 3.8) is 0 Å². The number of nitrogens with one attached hydrogen (secondary N) is 1. The van der Waals surface area contributed by atoms with Crippen LogP contribution in [0.5, 0.6) is 0 Å².